The standard InChI is InChI=1S/C13H18ClNO/c1-9-11(13(16)6-5-12(9)14)8-10-4-2-3-7-15-10/h5-6,10,15-16H,2-4,7-8H2,1H3. The van der Waals surface area contributed by atoms with Gasteiger partial charge in [-0.15, -0.1) is 0 Å². The van der Waals surface area contributed by atoms with Gasteiger partial charge in [-0.05, 0) is 56.0 Å². The molecule has 0 radical (unpaired) electrons. The van der Waals surface area contributed by atoms with Gasteiger partial charge < -0.3 is 10.4 Å². The first-order valence-electron chi connectivity index (χ1n) is 5.89. The molecule has 1 atom stereocenters. The molecule has 0 spiro atoms. The third kappa shape index (κ3) is 2.50. The van der Waals surface area contributed by atoms with Crippen LogP contribution in [-0.2, 0) is 6.42 Å². The van der Waals surface area contributed by atoms with Crippen LogP contribution in [0, 0.1) is 6.92 Å². The van der Waals surface area contributed by atoms with Gasteiger partial charge >= 0.3 is 0 Å². The summed E-state index contributed by atoms with van der Waals surface area (Å²) in [5, 5.41) is 14.1. The number of phenols is 1. The van der Waals surface area contributed by atoms with Gasteiger partial charge in [-0.1, -0.05) is 18.0 Å². The Kier molecular flexibility index (Phi) is 3.72. The van der Waals surface area contributed by atoms with Crippen LogP contribution in [0.25, 0.3) is 0 Å². The van der Waals surface area contributed by atoms with Crippen molar-refractivity contribution in [2.45, 2.75) is 38.6 Å². The molecule has 16 heavy (non-hydrogen) atoms. The number of rotatable bonds is 2. The molecule has 1 aromatic rings. The molecule has 2 rings (SSSR count). The van der Waals surface area contributed by atoms with Crippen molar-refractivity contribution in [2.24, 2.45) is 0 Å². The minimum atomic E-state index is 0.370. The first kappa shape index (κ1) is 11.7. The molecule has 0 aromatic heterocycles. The second-order valence-corrected chi connectivity index (χ2v) is 4.93. The number of hydrogen-bond donors (Lipinski definition) is 2. The van der Waals surface area contributed by atoms with Crippen LogP contribution in [0.4, 0.5) is 0 Å². The molecule has 0 saturated carbocycles. The van der Waals surface area contributed by atoms with E-state index >= 15 is 0 Å². The zero-order chi connectivity index (χ0) is 11.5. The van der Waals surface area contributed by atoms with Crippen LogP contribution < -0.4 is 5.32 Å². The predicted octanol–water partition coefficient (Wildman–Crippen LogP) is 3.04. The van der Waals surface area contributed by atoms with Gasteiger partial charge in [0.1, 0.15) is 5.75 Å². The van der Waals surface area contributed by atoms with Crippen LogP contribution in [0.5, 0.6) is 5.75 Å². The molecule has 88 valence electrons. The summed E-state index contributed by atoms with van der Waals surface area (Å²) in [4.78, 5) is 0. The van der Waals surface area contributed by atoms with Gasteiger partial charge in [0.15, 0.2) is 0 Å². The molecule has 1 saturated heterocycles. The Morgan fingerprint density at radius 1 is 1.44 bits per heavy atom. The van der Waals surface area contributed by atoms with Crippen molar-refractivity contribution in [1.82, 2.24) is 5.32 Å². The lowest BCUT2D eigenvalue weighted by Crippen LogP contribution is -2.35. The van der Waals surface area contributed by atoms with Crippen LogP contribution in [0.15, 0.2) is 12.1 Å². The first-order valence-corrected chi connectivity index (χ1v) is 6.26. The molecule has 1 heterocycles. The zero-order valence-corrected chi connectivity index (χ0v) is 10.3. The third-order valence-electron chi connectivity index (χ3n) is 3.37. The largest absolute Gasteiger partial charge is 0.508 e. The minimum Gasteiger partial charge on any atom is -0.508 e. The van der Waals surface area contributed by atoms with Crippen molar-refractivity contribution < 1.29 is 5.11 Å². The van der Waals surface area contributed by atoms with Gasteiger partial charge in [0.05, 0.1) is 0 Å². The van der Waals surface area contributed by atoms with Crippen LogP contribution in [0.2, 0.25) is 5.02 Å². The van der Waals surface area contributed by atoms with Gasteiger partial charge in [-0.25, -0.2) is 0 Å². The molecule has 2 N–H and O–H groups in total. The Balaban J connectivity index is 2.16. The summed E-state index contributed by atoms with van der Waals surface area (Å²) in [7, 11) is 0. The maximum absolute atomic E-state index is 9.86. The second-order valence-electron chi connectivity index (χ2n) is 4.52. The van der Waals surface area contributed by atoms with Crippen LogP contribution in [0.3, 0.4) is 0 Å². The molecule has 1 aromatic carbocycles. The number of nitrogens with one attached hydrogen (secondary N) is 1. The number of piperidine rings is 1. The second kappa shape index (κ2) is 5.07. The van der Waals surface area contributed by atoms with E-state index < -0.39 is 0 Å². The fourth-order valence-electron chi connectivity index (χ4n) is 2.32. The first-order chi connectivity index (χ1) is 7.68. The smallest absolute Gasteiger partial charge is 0.119 e. The van der Waals surface area contributed by atoms with Crippen molar-refractivity contribution in [3.8, 4) is 5.75 Å². The lowest BCUT2D eigenvalue weighted by Gasteiger charge is -2.24. The van der Waals surface area contributed by atoms with Crippen molar-refractivity contribution in [3.05, 3.63) is 28.3 Å². The fourth-order valence-corrected chi connectivity index (χ4v) is 2.49. The molecular formula is C13H18ClNO. The van der Waals surface area contributed by atoms with Crippen molar-refractivity contribution in [1.29, 1.82) is 0 Å². The van der Waals surface area contributed by atoms with E-state index in [1.807, 2.05) is 6.92 Å². The molecule has 0 bridgehead atoms. The Hall–Kier alpha value is -0.730. The Morgan fingerprint density at radius 3 is 2.94 bits per heavy atom. The molecular weight excluding hydrogens is 222 g/mol. The topological polar surface area (TPSA) is 32.3 Å². The van der Waals surface area contributed by atoms with Gasteiger partial charge in [-0.3, -0.25) is 0 Å². The van der Waals surface area contributed by atoms with E-state index in [9.17, 15) is 5.11 Å². The Labute approximate surface area is 102 Å². The van der Waals surface area contributed by atoms with E-state index in [2.05, 4.69) is 5.32 Å². The highest BCUT2D eigenvalue weighted by Crippen LogP contribution is 2.29. The average Bonchev–Trinajstić information content (AvgIpc) is 2.31. The van der Waals surface area contributed by atoms with E-state index in [4.69, 9.17) is 11.6 Å². The number of benzene rings is 1. The Morgan fingerprint density at radius 2 is 2.25 bits per heavy atom. The number of hydrogen-bond acceptors (Lipinski definition) is 2. The van der Waals surface area contributed by atoms with E-state index in [-0.39, 0.29) is 0 Å². The van der Waals surface area contributed by atoms with Crippen LogP contribution in [-0.4, -0.2) is 17.7 Å². The predicted molar refractivity (Wildman–Crippen MR) is 67.2 cm³/mol. The minimum absolute atomic E-state index is 0.370. The molecule has 0 amide bonds. The molecule has 1 fully saturated rings. The number of aromatic hydroxyl groups is 1. The highest BCUT2D eigenvalue weighted by Gasteiger charge is 2.17. The zero-order valence-electron chi connectivity index (χ0n) is 9.59. The lowest BCUT2D eigenvalue weighted by atomic mass is 9.94. The highest BCUT2D eigenvalue weighted by molar-refractivity contribution is 6.31. The molecule has 2 nitrogen and oxygen atoms in total. The quantitative estimate of drug-likeness (QED) is 0.832. The van der Waals surface area contributed by atoms with Gasteiger partial charge in [-0.2, -0.15) is 0 Å². The van der Waals surface area contributed by atoms with Gasteiger partial charge in [0.2, 0.25) is 0 Å². The summed E-state index contributed by atoms with van der Waals surface area (Å²) in [6.07, 6.45) is 4.60. The molecule has 1 unspecified atom stereocenters. The van der Waals surface area contributed by atoms with Crippen LogP contribution >= 0.6 is 11.6 Å². The normalized spacial score (nSPS) is 21.0. The molecule has 3 heteroatoms. The van der Waals surface area contributed by atoms with Crippen molar-refractivity contribution in [3.63, 3.8) is 0 Å². The fraction of sp³-hybridized carbons (Fsp3) is 0.538. The monoisotopic (exact) mass is 239 g/mol. The molecule has 1 aliphatic heterocycles. The SMILES string of the molecule is Cc1c(Cl)ccc(O)c1CC1CCCCN1. The summed E-state index contributed by atoms with van der Waals surface area (Å²) in [6.45, 7) is 3.06. The maximum atomic E-state index is 9.86. The maximum Gasteiger partial charge on any atom is 0.119 e. The lowest BCUT2D eigenvalue weighted by molar-refractivity contribution is 0.391. The van der Waals surface area contributed by atoms with Gasteiger partial charge in [0, 0.05) is 11.1 Å². The summed E-state index contributed by atoms with van der Waals surface area (Å²) in [6, 6.07) is 3.93. The summed E-state index contributed by atoms with van der Waals surface area (Å²) >= 11 is 6.07. The van der Waals surface area contributed by atoms with E-state index in [1.165, 1.54) is 19.3 Å². The Bertz CT molecular complexity index is 372. The molecule has 1 aliphatic rings. The third-order valence-corrected chi connectivity index (χ3v) is 3.78. The van der Waals surface area contributed by atoms with E-state index in [0.717, 1.165) is 29.1 Å². The van der Waals surface area contributed by atoms with Crippen molar-refractivity contribution >= 4 is 11.6 Å². The van der Waals surface area contributed by atoms with Crippen LogP contribution in [0.1, 0.15) is 30.4 Å². The number of phenolic OH excluding ortho intramolecular Hbond substituents is 1. The average molecular weight is 240 g/mol. The summed E-state index contributed by atoms with van der Waals surface area (Å²) in [5.74, 6) is 0.370. The summed E-state index contributed by atoms with van der Waals surface area (Å²) < 4.78 is 0. The number of halogens is 1. The van der Waals surface area contributed by atoms with Gasteiger partial charge in [0.25, 0.3) is 0 Å². The van der Waals surface area contributed by atoms with E-state index in [1.54, 1.807) is 12.1 Å². The van der Waals surface area contributed by atoms with E-state index in [0.29, 0.717) is 11.8 Å². The van der Waals surface area contributed by atoms with Crippen molar-refractivity contribution in [2.75, 3.05) is 6.54 Å². The highest BCUT2D eigenvalue weighted by atomic mass is 35.5. The molecule has 0 aliphatic carbocycles. The summed E-state index contributed by atoms with van der Waals surface area (Å²) in [5.41, 5.74) is 2.00.